The van der Waals surface area contributed by atoms with E-state index in [-0.39, 0.29) is 5.92 Å². The zero-order valence-electron chi connectivity index (χ0n) is 16.3. The monoisotopic (exact) mass is 373 g/mol. The number of aromatic nitrogens is 1. The van der Waals surface area contributed by atoms with Crippen LogP contribution in [-0.2, 0) is 11.2 Å². The van der Waals surface area contributed by atoms with E-state index in [2.05, 4.69) is 44.1 Å². The van der Waals surface area contributed by atoms with Crippen molar-refractivity contribution in [2.45, 2.75) is 51.9 Å². The van der Waals surface area contributed by atoms with Crippen molar-refractivity contribution in [1.29, 1.82) is 0 Å². The van der Waals surface area contributed by atoms with E-state index < -0.39 is 0 Å². The van der Waals surface area contributed by atoms with Crippen LogP contribution in [-0.4, -0.2) is 43.0 Å². The Balaban J connectivity index is 1.84. The summed E-state index contributed by atoms with van der Waals surface area (Å²) >= 11 is 1.67. The molecule has 5 heteroatoms. The highest BCUT2D eigenvalue weighted by Gasteiger charge is 2.28. The fraction of sp³-hybridized carbons (Fsp3) is 0.619. The normalized spacial score (nSPS) is 15.7. The Labute approximate surface area is 161 Å². The summed E-state index contributed by atoms with van der Waals surface area (Å²) in [5, 5.41) is 0.877. The van der Waals surface area contributed by atoms with E-state index in [1.165, 1.54) is 29.5 Å². The van der Waals surface area contributed by atoms with Gasteiger partial charge in [-0.25, -0.2) is 4.98 Å². The topological polar surface area (TPSA) is 36.4 Å². The lowest BCUT2D eigenvalue weighted by atomic mass is 9.88. The summed E-state index contributed by atoms with van der Waals surface area (Å²) in [6.45, 7) is 3.91. The molecule has 1 aliphatic carbocycles. The quantitative estimate of drug-likeness (QED) is 0.704. The average Bonchev–Trinajstić information content (AvgIpc) is 3.07. The van der Waals surface area contributed by atoms with Crippen LogP contribution < -0.4 is 4.90 Å². The predicted octanol–water partition coefficient (Wildman–Crippen LogP) is 4.72. The number of thiazole rings is 1. The number of nitrogens with zero attached hydrogens (tertiary/aromatic N) is 3. The van der Waals surface area contributed by atoms with E-state index in [1.54, 1.807) is 11.3 Å². The molecule has 0 saturated heterocycles. The lowest BCUT2D eigenvalue weighted by Crippen LogP contribution is -2.38. The summed E-state index contributed by atoms with van der Waals surface area (Å²) in [5.74, 6) is 0.472. The summed E-state index contributed by atoms with van der Waals surface area (Å²) in [6.07, 6.45) is 7.70. The highest BCUT2D eigenvalue weighted by Crippen LogP contribution is 2.33. The molecule has 142 valence electrons. The highest BCUT2D eigenvalue weighted by molar-refractivity contribution is 7.22. The fourth-order valence-electron chi connectivity index (χ4n) is 3.71. The molecule has 0 N–H and O–H groups in total. The van der Waals surface area contributed by atoms with Crippen LogP contribution >= 0.6 is 11.3 Å². The first kappa shape index (κ1) is 19.3. The second-order valence-electron chi connectivity index (χ2n) is 7.63. The van der Waals surface area contributed by atoms with Gasteiger partial charge in [-0.15, -0.1) is 0 Å². The van der Waals surface area contributed by atoms with Gasteiger partial charge in [0.25, 0.3) is 0 Å². The molecule has 0 bridgehead atoms. The van der Waals surface area contributed by atoms with Gasteiger partial charge in [-0.05, 0) is 64.0 Å². The molecule has 3 rings (SSSR count). The maximum absolute atomic E-state index is 13.3. The number of fused-ring (bicyclic) bond motifs is 1. The van der Waals surface area contributed by atoms with Crippen molar-refractivity contribution in [1.82, 2.24) is 9.88 Å². The van der Waals surface area contributed by atoms with Crippen molar-refractivity contribution >= 4 is 32.6 Å². The molecule has 2 aromatic rings. The van der Waals surface area contributed by atoms with Gasteiger partial charge in [0.15, 0.2) is 5.13 Å². The highest BCUT2D eigenvalue weighted by atomic mass is 32.1. The van der Waals surface area contributed by atoms with E-state index in [4.69, 9.17) is 4.98 Å². The molecule has 1 heterocycles. The van der Waals surface area contributed by atoms with Crippen molar-refractivity contribution in [3.63, 3.8) is 0 Å². The maximum Gasteiger partial charge on any atom is 0.231 e. The molecule has 0 unspecified atom stereocenters. The molecule has 4 nitrogen and oxygen atoms in total. The third kappa shape index (κ3) is 4.63. The SMILES string of the molecule is CCc1ccc2nc(N(CCCN(C)C)C(=O)C3CCCCC3)sc2c1. The van der Waals surface area contributed by atoms with Gasteiger partial charge in [0.2, 0.25) is 5.91 Å². The van der Waals surface area contributed by atoms with Crippen LogP contribution in [0.2, 0.25) is 0 Å². The number of carbonyl (C=O) groups is 1. The second-order valence-corrected chi connectivity index (χ2v) is 8.64. The minimum atomic E-state index is 0.182. The molecule has 1 saturated carbocycles. The lowest BCUT2D eigenvalue weighted by Gasteiger charge is -2.28. The van der Waals surface area contributed by atoms with E-state index in [1.807, 2.05) is 4.90 Å². The third-order valence-corrected chi connectivity index (χ3v) is 6.33. The van der Waals surface area contributed by atoms with Crippen LogP contribution in [0.4, 0.5) is 5.13 Å². The number of rotatable bonds is 7. The van der Waals surface area contributed by atoms with Gasteiger partial charge in [-0.3, -0.25) is 9.69 Å². The molecule has 0 radical (unpaired) electrons. The minimum absolute atomic E-state index is 0.182. The Kier molecular flexibility index (Phi) is 6.65. The van der Waals surface area contributed by atoms with E-state index in [0.29, 0.717) is 5.91 Å². The van der Waals surface area contributed by atoms with Crippen LogP contribution in [0.15, 0.2) is 18.2 Å². The lowest BCUT2D eigenvalue weighted by molar-refractivity contribution is -0.123. The third-order valence-electron chi connectivity index (χ3n) is 5.29. The minimum Gasteiger partial charge on any atom is -0.309 e. The molecule has 1 aromatic heterocycles. The van der Waals surface area contributed by atoms with Gasteiger partial charge in [0.05, 0.1) is 10.2 Å². The van der Waals surface area contributed by atoms with Gasteiger partial charge in [0, 0.05) is 12.5 Å². The van der Waals surface area contributed by atoms with E-state index in [9.17, 15) is 4.79 Å². The van der Waals surface area contributed by atoms with Crippen molar-refractivity contribution in [3.8, 4) is 0 Å². The van der Waals surface area contributed by atoms with Gasteiger partial charge in [-0.1, -0.05) is 43.6 Å². The maximum atomic E-state index is 13.3. The van der Waals surface area contributed by atoms with Crippen molar-refractivity contribution < 1.29 is 4.79 Å². The number of hydrogen-bond donors (Lipinski definition) is 0. The molecule has 0 atom stereocenters. The van der Waals surface area contributed by atoms with Crippen LogP contribution in [0.3, 0.4) is 0 Å². The summed E-state index contributed by atoms with van der Waals surface area (Å²) in [4.78, 5) is 22.2. The zero-order valence-corrected chi connectivity index (χ0v) is 17.1. The fourth-order valence-corrected chi connectivity index (χ4v) is 4.77. The number of hydrogen-bond acceptors (Lipinski definition) is 4. The van der Waals surface area contributed by atoms with Crippen LogP contribution in [0.25, 0.3) is 10.2 Å². The Hall–Kier alpha value is -1.46. The van der Waals surface area contributed by atoms with Gasteiger partial charge >= 0.3 is 0 Å². The molecule has 26 heavy (non-hydrogen) atoms. The summed E-state index contributed by atoms with van der Waals surface area (Å²) in [7, 11) is 4.16. The largest absolute Gasteiger partial charge is 0.309 e. The first-order chi connectivity index (χ1) is 12.6. The molecule has 1 aromatic carbocycles. The number of anilines is 1. The Morgan fingerprint density at radius 1 is 1.19 bits per heavy atom. The second kappa shape index (κ2) is 8.96. The van der Waals surface area contributed by atoms with Gasteiger partial charge < -0.3 is 4.90 Å². The number of aryl methyl sites for hydroxylation is 1. The number of benzene rings is 1. The summed E-state index contributed by atoms with van der Waals surface area (Å²) in [6, 6.07) is 6.46. The smallest absolute Gasteiger partial charge is 0.231 e. The first-order valence-electron chi connectivity index (χ1n) is 9.94. The van der Waals surface area contributed by atoms with Crippen LogP contribution in [0.1, 0.15) is 51.0 Å². The molecule has 1 amide bonds. The summed E-state index contributed by atoms with van der Waals surface area (Å²) < 4.78 is 1.19. The standard InChI is InChI=1S/C21H31N3OS/c1-4-16-11-12-18-19(15-16)26-21(22-18)24(14-8-13-23(2)3)20(25)17-9-6-5-7-10-17/h11-12,15,17H,4-10,13-14H2,1-3H3. The van der Waals surface area contributed by atoms with E-state index in [0.717, 1.165) is 49.4 Å². The first-order valence-corrected chi connectivity index (χ1v) is 10.8. The molecule has 1 aliphatic rings. The van der Waals surface area contributed by atoms with Gasteiger partial charge in [-0.2, -0.15) is 0 Å². The zero-order chi connectivity index (χ0) is 18.5. The van der Waals surface area contributed by atoms with Crippen molar-refractivity contribution in [3.05, 3.63) is 23.8 Å². The Morgan fingerprint density at radius 3 is 2.65 bits per heavy atom. The summed E-state index contributed by atoms with van der Waals surface area (Å²) in [5.41, 5.74) is 2.33. The molecular weight excluding hydrogens is 342 g/mol. The van der Waals surface area contributed by atoms with Gasteiger partial charge in [0.1, 0.15) is 0 Å². The number of carbonyl (C=O) groups excluding carboxylic acids is 1. The molecule has 0 spiro atoms. The molecule has 1 fully saturated rings. The predicted molar refractivity (Wildman–Crippen MR) is 111 cm³/mol. The Morgan fingerprint density at radius 2 is 1.96 bits per heavy atom. The Bertz CT molecular complexity index is 734. The average molecular weight is 374 g/mol. The number of amides is 1. The van der Waals surface area contributed by atoms with Crippen LogP contribution in [0.5, 0.6) is 0 Å². The molecular formula is C21H31N3OS. The van der Waals surface area contributed by atoms with Crippen molar-refractivity contribution in [2.24, 2.45) is 5.92 Å². The molecule has 0 aliphatic heterocycles. The van der Waals surface area contributed by atoms with E-state index >= 15 is 0 Å². The van der Waals surface area contributed by atoms with Crippen LogP contribution in [0, 0.1) is 5.92 Å². The van der Waals surface area contributed by atoms with Crippen molar-refractivity contribution in [2.75, 3.05) is 32.1 Å².